The summed E-state index contributed by atoms with van der Waals surface area (Å²) < 4.78 is 39.6. The molecule has 0 bridgehead atoms. The Kier molecular flexibility index (Phi) is 4.71. The molecule has 1 saturated carbocycles. The fourth-order valence-electron chi connectivity index (χ4n) is 3.67. The van der Waals surface area contributed by atoms with E-state index in [0.29, 0.717) is 24.0 Å². The number of rotatable bonds is 4. The third-order valence-electron chi connectivity index (χ3n) is 6.38. The smallest absolute Gasteiger partial charge is 0.399 e. The maximum Gasteiger partial charge on any atom is 0.494 e. The van der Waals surface area contributed by atoms with E-state index < -0.39 is 28.3 Å². The molecule has 1 aromatic carbocycles. The van der Waals surface area contributed by atoms with Crippen LogP contribution < -0.4 is 5.46 Å². The van der Waals surface area contributed by atoms with E-state index in [1.807, 2.05) is 27.7 Å². The summed E-state index contributed by atoms with van der Waals surface area (Å²) in [6.07, 6.45) is 2.51. The zero-order valence-electron chi connectivity index (χ0n) is 16.6. The first-order valence-corrected chi connectivity index (χ1v) is 11.2. The summed E-state index contributed by atoms with van der Waals surface area (Å²) in [5, 5.41) is 0. The van der Waals surface area contributed by atoms with Gasteiger partial charge in [-0.1, -0.05) is 12.1 Å². The highest BCUT2D eigenvalue weighted by Crippen LogP contribution is 2.36. The van der Waals surface area contributed by atoms with Crippen molar-refractivity contribution in [1.29, 1.82) is 0 Å². The van der Waals surface area contributed by atoms with E-state index in [-0.39, 0.29) is 0 Å². The van der Waals surface area contributed by atoms with E-state index >= 15 is 0 Å². The Bertz CT molecular complexity index is 782. The van der Waals surface area contributed by atoms with E-state index in [1.165, 1.54) is 12.8 Å². The Hall–Kier alpha value is -0.925. The highest BCUT2D eigenvalue weighted by atomic mass is 32.2. The lowest BCUT2D eigenvalue weighted by atomic mass is 9.79. The Balaban J connectivity index is 1.45. The average Bonchev–Trinajstić information content (AvgIpc) is 3.43. The highest BCUT2D eigenvalue weighted by molar-refractivity contribution is 7.89. The van der Waals surface area contributed by atoms with Gasteiger partial charge in [0.15, 0.2) is 0 Å². The Morgan fingerprint density at radius 2 is 1.44 bits per heavy atom. The van der Waals surface area contributed by atoms with Gasteiger partial charge in [0.05, 0.1) is 16.1 Å². The number of nitrogens with zero attached hydrogens (tertiary/aromatic N) is 2. The van der Waals surface area contributed by atoms with E-state index in [0.717, 1.165) is 18.6 Å². The molecule has 8 heteroatoms. The summed E-state index contributed by atoms with van der Waals surface area (Å²) in [4.78, 5) is 2.75. The van der Waals surface area contributed by atoms with Crippen molar-refractivity contribution in [2.75, 3.05) is 26.2 Å². The standard InChI is InChI=1S/C19H29BN2O4S/c1-18(2)19(3,4)26-20(25-18)15-5-9-17(10-6-15)27(23,24)22-13-11-21(12-14-22)16-7-8-16/h5-6,9-10,16H,7-8,11-14H2,1-4H3. The van der Waals surface area contributed by atoms with Gasteiger partial charge in [-0.15, -0.1) is 0 Å². The van der Waals surface area contributed by atoms with Gasteiger partial charge in [0.1, 0.15) is 0 Å². The minimum atomic E-state index is -3.45. The first-order valence-electron chi connectivity index (χ1n) is 9.80. The van der Waals surface area contributed by atoms with Crippen LogP contribution in [-0.2, 0) is 19.3 Å². The van der Waals surface area contributed by atoms with Crippen LogP contribution in [0.1, 0.15) is 40.5 Å². The van der Waals surface area contributed by atoms with Crippen molar-refractivity contribution >= 4 is 22.6 Å². The molecule has 2 aliphatic heterocycles. The first-order chi connectivity index (χ1) is 12.6. The third kappa shape index (κ3) is 3.58. The topological polar surface area (TPSA) is 59.1 Å². The fraction of sp³-hybridized carbons (Fsp3) is 0.684. The van der Waals surface area contributed by atoms with Gasteiger partial charge in [0.2, 0.25) is 10.0 Å². The molecule has 1 aliphatic carbocycles. The largest absolute Gasteiger partial charge is 0.494 e. The monoisotopic (exact) mass is 392 g/mol. The Labute approximate surface area is 163 Å². The molecule has 4 rings (SSSR count). The normalized spacial score (nSPS) is 26.4. The Morgan fingerprint density at radius 1 is 0.926 bits per heavy atom. The minimum absolute atomic E-state index is 0.336. The van der Waals surface area contributed by atoms with Crippen LogP contribution in [0, 0.1) is 0 Å². The van der Waals surface area contributed by atoms with Gasteiger partial charge in [-0.3, -0.25) is 4.90 Å². The van der Waals surface area contributed by atoms with Crippen molar-refractivity contribution in [3.8, 4) is 0 Å². The molecule has 0 atom stereocenters. The van der Waals surface area contributed by atoms with Crippen molar-refractivity contribution in [3.05, 3.63) is 24.3 Å². The summed E-state index contributed by atoms with van der Waals surface area (Å²) in [5.74, 6) is 0. The molecular formula is C19H29BN2O4S. The van der Waals surface area contributed by atoms with Crippen LogP contribution in [0.2, 0.25) is 0 Å². The lowest BCUT2D eigenvalue weighted by Crippen LogP contribution is -2.49. The molecule has 0 radical (unpaired) electrons. The summed E-state index contributed by atoms with van der Waals surface area (Å²) in [7, 11) is -3.93. The number of hydrogen-bond donors (Lipinski definition) is 0. The van der Waals surface area contributed by atoms with E-state index in [4.69, 9.17) is 9.31 Å². The van der Waals surface area contributed by atoms with Crippen molar-refractivity contribution in [2.45, 2.75) is 62.7 Å². The SMILES string of the molecule is CC1(C)OB(c2ccc(S(=O)(=O)N3CCN(C4CC4)CC3)cc2)OC1(C)C. The highest BCUT2D eigenvalue weighted by Gasteiger charge is 2.51. The summed E-state index contributed by atoms with van der Waals surface area (Å²) in [6.45, 7) is 10.8. The van der Waals surface area contributed by atoms with Gasteiger partial charge in [0, 0.05) is 32.2 Å². The van der Waals surface area contributed by atoms with Crippen molar-refractivity contribution in [3.63, 3.8) is 0 Å². The molecule has 0 N–H and O–H groups in total. The van der Waals surface area contributed by atoms with Crippen LogP contribution in [0.3, 0.4) is 0 Å². The van der Waals surface area contributed by atoms with Crippen LogP contribution in [-0.4, -0.2) is 68.2 Å². The second kappa shape index (κ2) is 6.56. The predicted molar refractivity (Wildman–Crippen MR) is 106 cm³/mol. The van der Waals surface area contributed by atoms with Crippen LogP contribution in [0.25, 0.3) is 0 Å². The lowest BCUT2D eigenvalue weighted by Gasteiger charge is -2.34. The van der Waals surface area contributed by atoms with Gasteiger partial charge < -0.3 is 9.31 Å². The van der Waals surface area contributed by atoms with Crippen LogP contribution in [0.5, 0.6) is 0 Å². The zero-order chi connectivity index (χ0) is 19.4. The molecule has 148 valence electrons. The fourth-order valence-corrected chi connectivity index (χ4v) is 5.10. The van der Waals surface area contributed by atoms with Gasteiger partial charge in [-0.05, 0) is 58.1 Å². The summed E-state index contributed by atoms with van der Waals surface area (Å²) in [6, 6.07) is 7.63. The van der Waals surface area contributed by atoms with Crippen LogP contribution >= 0.6 is 0 Å². The summed E-state index contributed by atoms with van der Waals surface area (Å²) in [5.41, 5.74) is 0.0129. The molecule has 3 aliphatic rings. The van der Waals surface area contributed by atoms with E-state index in [2.05, 4.69) is 4.90 Å². The predicted octanol–water partition coefficient (Wildman–Crippen LogP) is 1.45. The van der Waals surface area contributed by atoms with Gasteiger partial charge in [-0.2, -0.15) is 4.31 Å². The molecular weight excluding hydrogens is 363 g/mol. The Morgan fingerprint density at radius 3 is 1.93 bits per heavy atom. The van der Waals surface area contributed by atoms with Crippen LogP contribution in [0.15, 0.2) is 29.2 Å². The van der Waals surface area contributed by atoms with E-state index in [9.17, 15) is 8.42 Å². The quantitative estimate of drug-likeness (QED) is 0.727. The number of piperazine rings is 1. The number of benzene rings is 1. The van der Waals surface area contributed by atoms with Gasteiger partial charge >= 0.3 is 7.12 Å². The van der Waals surface area contributed by atoms with Gasteiger partial charge in [0.25, 0.3) is 0 Å². The minimum Gasteiger partial charge on any atom is -0.399 e. The zero-order valence-corrected chi connectivity index (χ0v) is 17.5. The molecule has 2 saturated heterocycles. The second-order valence-corrected chi connectivity index (χ2v) is 10.8. The van der Waals surface area contributed by atoms with Crippen molar-refractivity contribution < 1.29 is 17.7 Å². The second-order valence-electron chi connectivity index (χ2n) is 8.83. The summed E-state index contributed by atoms with van der Waals surface area (Å²) >= 11 is 0. The molecule has 0 aromatic heterocycles. The molecule has 27 heavy (non-hydrogen) atoms. The lowest BCUT2D eigenvalue weighted by molar-refractivity contribution is 0.00578. The molecule has 2 heterocycles. The molecule has 1 aromatic rings. The maximum atomic E-state index is 13.0. The molecule has 0 amide bonds. The van der Waals surface area contributed by atoms with Crippen molar-refractivity contribution in [1.82, 2.24) is 9.21 Å². The molecule has 0 spiro atoms. The third-order valence-corrected chi connectivity index (χ3v) is 8.29. The molecule has 6 nitrogen and oxygen atoms in total. The average molecular weight is 392 g/mol. The first kappa shape index (κ1) is 19.4. The number of hydrogen-bond acceptors (Lipinski definition) is 5. The maximum absolute atomic E-state index is 13.0. The molecule has 0 unspecified atom stereocenters. The van der Waals surface area contributed by atoms with E-state index in [1.54, 1.807) is 28.6 Å². The van der Waals surface area contributed by atoms with Gasteiger partial charge in [-0.25, -0.2) is 8.42 Å². The van der Waals surface area contributed by atoms with Crippen LogP contribution in [0.4, 0.5) is 0 Å². The number of sulfonamides is 1. The molecule has 3 fully saturated rings. The van der Waals surface area contributed by atoms with Crippen molar-refractivity contribution in [2.24, 2.45) is 0 Å².